The second-order valence-electron chi connectivity index (χ2n) is 5.56. The van der Waals surface area contributed by atoms with Gasteiger partial charge in [-0.2, -0.15) is 0 Å². The third kappa shape index (κ3) is 5.03. The minimum atomic E-state index is 0.0571. The van der Waals surface area contributed by atoms with Crippen LogP contribution in [-0.2, 0) is 4.79 Å². The van der Waals surface area contributed by atoms with Crippen molar-refractivity contribution in [1.29, 1.82) is 0 Å². The van der Waals surface area contributed by atoms with E-state index in [2.05, 4.69) is 50.5 Å². The van der Waals surface area contributed by atoms with Crippen LogP contribution in [0.15, 0.2) is 24.3 Å². The molecular formula is C16H26N2O. The summed E-state index contributed by atoms with van der Waals surface area (Å²) in [6.07, 6.45) is 0. The van der Waals surface area contributed by atoms with Gasteiger partial charge < -0.3 is 10.6 Å². The maximum absolute atomic E-state index is 11.8. The molecule has 1 amide bonds. The number of carbonyl (C=O) groups is 1. The van der Waals surface area contributed by atoms with Gasteiger partial charge in [-0.15, -0.1) is 0 Å². The predicted octanol–water partition coefficient (Wildman–Crippen LogP) is 2.81. The molecule has 1 unspecified atom stereocenters. The van der Waals surface area contributed by atoms with E-state index >= 15 is 0 Å². The average molecular weight is 262 g/mol. The van der Waals surface area contributed by atoms with Crippen LogP contribution in [0, 0.1) is 12.8 Å². The molecule has 1 aromatic carbocycles. The molecule has 1 aromatic rings. The van der Waals surface area contributed by atoms with Crippen molar-refractivity contribution in [2.24, 2.45) is 5.92 Å². The first kappa shape index (κ1) is 15.7. The van der Waals surface area contributed by atoms with Gasteiger partial charge in [-0.05, 0) is 37.8 Å². The maximum atomic E-state index is 11.8. The summed E-state index contributed by atoms with van der Waals surface area (Å²) in [5, 5.41) is 6.27. The minimum absolute atomic E-state index is 0.0571. The summed E-state index contributed by atoms with van der Waals surface area (Å²) in [4.78, 5) is 11.8. The molecule has 0 fully saturated rings. The lowest BCUT2D eigenvalue weighted by atomic mass is 10.0. The third-order valence-electron chi connectivity index (χ3n) is 3.61. The number of amides is 1. The molecule has 2 N–H and O–H groups in total. The van der Waals surface area contributed by atoms with Crippen molar-refractivity contribution in [3.63, 3.8) is 0 Å². The van der Waals surface area contributed by atoms with Crippen molar-refractivity contribution >= 4 is 5.91 Å². The lowest BCUT2D eigenvalue weighted by Crippen LogP contribution is -2.41. The van der Waals surface area contributed by atoms with Gasteiger partial charge in [0.25, 0.3) is 0 Å². The Morgan fingerprint density at radius 3 is 2.37 bits per heavy atom. The summed E-state index contributed by atoms with van der Waals surface area (Å²) in [6.45, 7) is 10.8. The number of hydrogen-bond donors (Lipinski definition) is 2. The van der Waals surface area contributed by atoms with Crippen LogP contribution in [0.25, 0.3) is 0 Å². The normalized spacial score (nSPS) is 14.2. The van der Waals surface area contributed by atoms with Crippen LogP contribution in [-0.4, -0.2) is 18.5 Å². The highest BCUT2D eigenvalue weighted by atomic mass is 16.1. The first-order valence-electron chi connectivity index (χ1n) is 7.00. The fourth-order valence-corrected chi connectivity index (χ4v) is 1.90. The first-order chi connectivity index (χ1) is 8.91. The highest BCUT2D eigenvalue weighted by Crippen LogP contribution is 2.16. The van der Waals surface area contributed by atoms with Gasteiger partial charge in [0, 0.05) is 12.1 Å². The molecule has 0 aliphatic rings. The zero-order valence-electron chi connectivity index (χ0n) is 12.7. The first-order valence-corrected chi connectivity index (χ1v) is 7.00. The Hall–Kier alpha value is -1.35. The number of hydrogen-bond acceptors (Lipinski definition) is 2. The van der Waals surface area contributed by atoms with E-state index in [1.165, 1.54) is 11.1 Å². The zero-order valence-corrected chi connectivity index (χ0v) is 12.7. The van der Waals surface area contributed by atoms with E-state index in [4.69, 9.17) is 0 Å². The van der Waals surface area contributed by atoms with Crippen LogP contribution in [0.3, 0.4) is 0 Å². The molecular weight excluding hydrogens is 236 g/mol. The van der Waals surface area contributed by atoms with E-state index in [9.17, 15) is 4.79 Å². The van der Waals surface area contributed by atoms with Crippen molar-refractivity contribution in [2.75, 3.05) is 6.54 Å². The van der Waals surface area contributed by atoms with Crippen LogP contribution in [0.4, 0.5) is 0 Å². The SMILES string of the molecule is Cc1ccccc1[C@@H](C)NCC(=O)NC(C)C(C)C. The molecule has 0 aliphatic heterocycles. The van der Waals surface area contributed by atoms with Crippen molar-refractivity contribution in [2.45, 2.75) is 46.7 Å². The Labute approximate surface area is 116 Å². The molecule has 0 bridgehead atoms. The Morgan fingerprint density at radius 1 is 1.16 bits per heavy atom. The summed E-state index contributed by atoms with van der Waals surface area (Å²) in [7, 11) is 0. The van der Waals surface area contributed by atoms with Gasteiger partial charge in [0.2, 0.25) is 5.91 Å². The van der Waals surface area contributed by atoms with Crippen molar-refractivity contribution in [3.8, 4) is 0 Å². The largest absolute Gasteiger partial charge is 0.352 e. The molecule has 0 aromatic heterocycles. The molecule has 3 heteroatoms. The lowest BCUT2D eigenvalue weighted by Gasteiger charge is -2.20. The molecule has 19 heavy (non-hydrogen) atoms. The van der Waals surface area contributed by atoms with Crippen LogP contribution in [0.1, 0.15) is 44.9 Å². The summed E-state index contributed by atoms with van der Waals surface area (Å²) in [6, 6.07) is 8.64. The Morgan fingerprint density at radius 2 is 1.79 bits per heavy atom. The summed E-state index contributed by atoms with van der Waals surface area (Å²) in [5.41, 5.74) is 2.49. The minimum Gasteiger partial charge on any atom is -0.352 e. The van der Waals surface area contributed by atoms with E-state index in [-0.39, 0.29) is 18.0 Å². The smallest absolute Gasteiger partial charge is 0.234 e. The summed E-state index contributed by atoms with van der Waals surface area (Å²) < 4.78 is 0. The van der Waals surface area contributed by atoms with Crippen LogP contribution in [0.2, 0.25) is 0 Å². The van der Waals surface area contributed by atoms with Crippen molar-refractivity contribution in [1.82, 2.24) is 10.6 Å². The van der Waals surface area contributed by atoms with Gasteiger partial charge in [-0.3, -0.25) is 4.79 Å². The average Bonchev–Trinajstić information content (AvgIpc) is 2.36. The Kier molecular flexibility index (Phi) is 6.03. The molecule has 3 nitrogen and oxygen atoms in total. The van der Waals surface area contributed by atoms with Crippen LogP contribution < -0.4 is 10.6 Å². The second-order valence-corrected chi connectivity index (χ2v) is 5.56. The fraction of sp³-hybridized carbons (Fsp3) is 0.562. The van der Waals surface area contributed by atoms with Gasteiger partial charge >= 0.3 is 0 Å². The molecule has 2 atom stereocenters. The second kappa shape index (κ2) is 7.29. The maximum Gasteiger partial charge on any atom is 0.234 e. The standard InChI is InChI=1S/C16H26N2O/c1-11(2)13(4)18-16(19)10-17-14(5)15-9-7-6-8-12(15)3/h6-9,11,13-14,17H,10H2,1-5H3,(H,18,19)/t13?,14-/m1/s1. The highest BCUT2D eigenvalue weighted by molar-refractivity contribution is 5.78. The summed E-state index contributed by atoms with van der Waals surface area (Å²) >= 11 is 0. The van der Waals surface area contributed by atoms with Crippen molar-refractivity contribution in [3.05, 3.63) is 35.4 Å². The van der Waals surface area contributed by atoms with Crippen LogP contribution >= 0.6 is 0 Å². The number of nitrogens with one attached hydrogen (secondary N) is 2. The van der Waals surface area contributed by atoms with E-state index in [1.54, 1.807) is 0 Å². The van der Waals surface area contributed by atoms with Gasteiger partial charge in [-0.1, -0.05) is 38.1 Å². The summed E-state index contributed by atoms with van der Waals surface area (Å²) in [5.74, 6) is 0.513. The molecule has 1 rings (SSSR count). The monoisotopic (exact) mass is 262 g/mol. The van der Waals surface area contributed by atoms with Gasteiger partial charge in [0.05, 0.1) is 6.54 Å². The van der Waals surface area contributed by atoms with Crippen LogP contribution in [0.5, 0.6) is 0 Å². The number of rotatable bonds is 6. The molecule has 106 valence electrons. The van der Waals surface area contributed by atoms with E-state index in [0.717, 1.165) is 0 Å². The highest BCUT2D eigenvalue weighted by Gasteiger charge is 2.12. The number of carbonyl (C=O) groups excluding carboxylic acids is 1. The van der Waals surface area contributed by atoms with E-state index in [1.807, 2.05) is 19.1 Å². The molecule has 0 heterocycles. The zero-order chi connectivity index (χ0) is 14.4. The van der Waals surface area contributed by atoms with E-state index in [0.29, 0.717) is 12.5 Å². The molecule has 0 saturated carbocycles. The van der Waals surface area contributed by atoms with Gasteiger partial charge in [0.15, 0.2) is 0 Å². The topological polar surface area (TPSA) is 41.1 Å². The molecule has 0 spiro atoms. The van der Waals surface area contributed by atoms with Gasteiger partial charge in [-0.25, -0.2) is 0 Å². The predicted molar refractivity (Wildman–Crippen MR) is 80.0 cm³/mol. The number of benzene rings is 1. The Balaban J connectivity index is 2.44. The van der Waals surface area contributed by atoms with Gasteiger partial charge in [0.1, 0.15) is 0 Å². The Bertz CT molecular complexity index is 415. The van der Waals surface area contributed by atoms with Crippen molar-refractivity contribution < 1.29 is 4.79 Å². The quantitative estimate of drug-likeness (QED) is 0.827. The molecule has 0 aliphatic carbocycles. The molecule has 0 saturated heterocycles. The molecule has 0 radical (unpaired) electrons. The van der Waals surface area contributed by atoms with E-state index < -0.39 is 0 Å². The fourth-order valence-electron chi connectivity index (χ4n) is 1.90. The third-order valence-corrected chi connectivity index (χ3v) is 3.61. The lowest BCUT2D eigenvalue weighted by molar-refractivity contribution is -0.121. The number of aryl methyl sites for hydroxylation is 1.